The van der Waals surface area contributed by atoms with E-state index in [2.05, 4.69) is 11.9 Å². The van der Waals surface area contributed by atoms with Crippen LogP contribution in [0.15, 0.2) is 36.6 Å². The fraction of sp³-hybridized carbons (Fsp3) is 0.250. The van der Waals surface area contributed by atoms with Gasteiger partial charge in [-0.1, -0.05) is 12.1 Å². The third kappa shape index (κ3) is 3.11. The summed E-state index contributed by atoms with van der Waals surface area (Å²) in [4.78, 5) is 24.9. The van der Waals surface area contributed by atoms with Gasteiger partial charge >= 0.3 is 6.03 Å². The Kier molecular flexibility index (Phi) is 4.83. The second kappa shape index (κ2) is 6.80. The first kappa shape index (κ1) is 15.6. The lowest BCUT2D eigenvalue weighted by Crippen LogP contribution is -2.30. The molecule has 0 saturated carbocycles. The summed E-state index contributed by atoms with van der Waals surface area (Å²) < 4.78 is 10.7. The summed E-state index contributed by atoms with van der Waals surface area (Å²) in [5.41, 5.74) is 0.947. The summed E-state index contributed by atoms with van der Waals surface area (Å²) in [6.45, 7) is 6.12. The molecule has 3 amide bonds. The number of ether oxygens (including phenoxy) is 2. The van der Waals surface area contributed by atoms with Gasteiger partial charge in [-0.15, -0.1) is 6.58 Å². The second-order valence-corrected chi connectivity index (χ2v) is 4.54. The number of methoxy groups -OCH3 is 1. The molecule has 1 aliphatic rings. The average Bonchev–Trinajstić information content (AvgIpc) is 2.77. The molecule has 22 heavy (non-hydrogen) atoms. The largest absolute Gasteiger partial charge is 0.493 e. The Balaban J connectivity index is 2.28. The number of amides is 3. The summed E-state index contributed by atoms with van der Waals surface area (Å²) in [6, 6.07) is 4.84. The Hall–Kier alpha value is -2.76. The lowest BCUT2D eigenvalue weighted by Gasteiger charge is -2.09. The summed E-state index contributed by atoms with van der Waals surface area (Å²) in [7, 11) is 1.54. The van der Waals surface area contributed by atoms with E-state index in [-0.39, 0.29) is 18.1 Å². The molecule has 6 nitrogen and oxygen atoms in total. The Morgan fingerprint density at radius 1 is 1.32 bits per heavy atom. The molecular weight excluding hydrogens is 284 g/mol. The monoisotopic (exact) mass is 302 g/mol. The van der Waals surface area contributed by atoms with Gasteiger partial charge in [0.25, 0.3) is 5.91 Å². The molecule has 0 radical (unpaired) electrons. The number of urea groups is 1. The number of nitrogens with one attached hydrogen (secondary N) is 1. The van der Waals surface area contributed by atoms with Crippen molar-refractivity contribution in [3.8, 4) is 11.5 Å². The number of rotatable bonds is 6. The zero-order chi connectivity index (χ0) is 16.1. The molecule has 1 heterocycles. The van der Waals surface area contributed by atoms with Crippen LogP contribution in [0.2, 0.25) is 0 Å². The van der Waals surface area contributed by atoms with Gasteiger partial charge < -0.3 is 14.8 Å². The minimum atomic E-state index is -0.450. The number of imide groups is 1. The van der Waals surface area contributed by atoms with Crippen LogP contribution in [0.5, 0.6) is 11.5 Å². The number of carbonyl (C=O) groups is 2. The summed E-state index contributed by atoms with van der Waals surface area (Å²) in [6.07, 6.45) is 3.10. The number of hydrogen-bond donors (Lipinski definition) is 1. The summed E-state index contributed by atoms with van der Waals surface area (Å²) in [5, 5.41) is 2.54. The minimum Gasteiger partial charge on any atom is -0.493 e. The van der Waals surface area contributed by atoms with Crippen molar-refractivity contribution in [2.75, 3.05) is 20.3 Å². The summed E-state index contributed by atoms with van der Waals surface area (Å²) in [5.74, 6) is 0.816. The molecule has 0 aliphatic carbocycles. The van der Waals surface area contributed by atoms with Gasteiger partial charge in [-0.25, -0.2) is 4.79 Å². The third-order valence-electron chi connectivity index (χ3n) is 3.07. The van der Waals surface area contributed by atoms with E-state index in [1.165, 1.54) is 6.08 Å². The summed E-state index contributed by atoms with van der Waals surface area (Å²) >= 11 is 0. The highest BCUT2D eigenvalue weighted by atomic mass is 16.5. The van der Waals surface area contributed by atoms with Crippen molar-refractivity contribution in [1.29, 1.82) is 0 Å². The van der Waals surface area contributed by atoms with Gasteiger partial charge in [0, 0.05) is 6.54 Å². The van der Waals surface area contributed by atoms with E-state index in [4.69, 9.17) is 9.47 Å². The molecule has 116 valence electrons. The predicted octanol–water partition coefficient (Wildman–Crippen LogP) is 2.17. The molecule has 2 rings (SSSR count). The first-order chi connectivity index (χ1) is 10.6. The molecule has 0 aromatic heterocycles. The Labute approximate surface area is 129 Å². The molecule has 1 aromatic carbocycles. The van der Waals surface area contributed by atoms with Crippen molar-refractivity contribution >= 4 is 18.0 Å². The van der Waals surface area contributed by atoms with E-state index >= 15 is 0 Å². The molecule has 0 bridgehead atoms. The van der Waals surface area contributed by atoms with Gasteiger partial charge in [-0.2, -0.15) is 0 Å². The first-order valence-electron chi connectivity index (χ1n) is 6.87. The van der Waals surface area contributed by atoms with Crippen LogP contribution in [-0.4, -0.2) is 37.1 Å². The number of benzene rings is 1. The Morgan fingerprint density at radius 2 is 2.09 bits per heavy atom. The number of carbonyl (C=O) groups excluding carboxylic acids is 2. The maximum absolute atomic E-state index is 12.1. The van der Waals surface area contributed by atoms with Gasteiger partial charge in [-0.05, 0) is 30.7 Å². The zero-order valence-corrected chi connectivity index (χ0v) is 12.6. The molecule has 0 unspecified atom stereocenters. The lowest BCUT2D eigenvalue weighted by atomic mass is 10.1. The van der Waals surface area contributed by atoms with Crippen molar-refractivity contribution in [2.45, 2.75) is 6.92 Å². The molecule has 0 atom stereocenters. The second-order valence-electron chi connectivity index (χ2n) is 4.54. The van der Waals surface area contributed by atoms with Crippen molar-refractivity contribution in [1.82, 2.24) is 10.2 Å². The van der Waals surface area contributed by atoms with Crippen LogP contribution in [0, 0.1) is 0 Å². The SMILES string of the molecule is C=CCN1C(=O)N/C(=C/c2ccc(OCC)c(OC)c2)C1=O. The molecule has 1 aliphatic heterocycles. The molecule has 6 heteroatoms. The van der Waals surface area contributed by atoms with Crippen molar-refractivity contribution in [3.63, 3.8) is 0 Å². The minimum absolute atomic E-state index is 0.175. The third-order valence-corrected chi connectivity index (χ3v) is 3.07. The van der Waals surface area contributed by atoms with E-state index < -0.39 is 6.03 Å². The normalized spacial score (nSPS) is 15.9. The molecule has 0 spiro atoms. The van der Waals surface area contributed by atoms with Gasteiger partial charge in [0.15, 0.2) is 11.5 Å². The Morgan fingerprint density at radius 3 is 2.73 bits per heavy atom. The molecular formula is C16H18N2O4. The van der Waals surface area contributed by atoms with Crippen LogP contribution < -0.4 is 14.8 Å². The fourth-order valence-corrected chi connectivity index (χ4v) is 2.08. The quantitative estimate of drug-likeness (QED) is 0.497. The first-order valence-corrected chi connectivity index (χ1v) is 6.87. The van der Waals surface area contributed by atoms with Crippen molar-refractivity contribution in [2.24, 2.45) is 0 Å². The maximum atomic E-state index is 12.1. The van der Waals surface area contributed by atoms with Gasteiger partial charge in [0.05, 0.1) is 13.7 Å². The number of hydrogen-bond acceptors (Lipinski definition) is 4. The van der Waals surface area contributed by atoms with Crippen LogP contribution in [0.1, 0.15) is 12.5 Å². The van der Waals surface area contributed by atoms with E-state index in [9.17, 15) is 9.59 Å². The topological polar surface area (TPSA) is 67.9 Å². The maximum Gasteiger partial charge on any atom is 0.329 e. The highest BCUT2D eigenvalue weighted by Crippen LogP contribution is 2.29. The molecule has 1 aromatic rings. The standard InChI is InChI=1S/C16H18N2O4/c1-4-8-18-15(19)12(17-16(18)20)9-11-6-7-13(22-5-2)14(10-11)21-3/h4,6-7,9-10H,1,5,8H2,2-3H3,(H,17,20)/b12-9+. The zero-order valence-electron chi connectivity index (χ0n) is 12.6. The van der Waals surface area contributed by atoms with E-state index in [1.54, 1.807) is 31.4 Å². The van der Waals surface area contributed by atoms with Crippen molar-refractivity contribution in [3.05, 3.63) is 42.1 Å². The van der Waals surface area contributed by atoms with E-state index in [1.807, 2.05) is 6.92 Å². The molecule has 1 N–H and O–H groups in total. The smallest absolute Gasteiger partial charge is 0.329 e. The number of nitrogens with zero attached hydrogens (tertiary/aromatic N) is 1. The van der Waals surface area contributed by atoms with Gasteiger partial charge in [0.2, 0.25) is 0 Å². The van der Waals surface area contributed by atoms with Gasteiger partial charge in [-0.3, -0.25) is 9.69 Å². The average molecular weight is 302 g/mol. The highest BCUT2D eigenvalue weighted by molar-refractivity contribution is 6.14. The predicted molar refractivity (Wildman–Crippen MR) is 82.6 cm³/mol. The van der Waals surface area contributed by atoms with Crippen LogP contribution in [-0.2, 0) is 4.79 Å². The van der Waals surface area contributed by atoms with Crippen LogP contribution >= 0.6 is 0 Å². The lowest BCUT2D eigenvalue weighted by molar-refractivity contribution is -0.122. The fourth-order valence-electron chi connectivity index (χ4n) is 2.08. The highest BCUT2D eigenvalue weighted by Gasteiger charge is 2.32. The van der Waals surface area contributed by atoms with Crippen LogP contribution in [0.25, 0.3) is 6.08 Å². The van der Waals surface area contributed by atoms with Crippen LogP contribution in [0.4, 0.5) is 4.79 Å². The Bertz CT molecular complexity index is 637. The van der Waals surface area contributed by atoms with Crippen molar-refractivity contribution < 1.29 is 19.1 Å². The molecule has 1 fully saturated rings. The van der Waals surface area contributed by atoms with Crippen LogP contribution in [0.3, 0.4) is 0 Å². The van der Waals surface area contributed by atoms with Gasteiger partial charge in [0.1, 0.15) is 5.70 Å². The van der Waals surface area contributed by atoms with E-state index in [0.29, 0.717) is 18.1 Å². The van der Waals surface area contributed by atoms with E-state index in [0.717, 1.165) is 10.5 Å². The molecule has 1 saturated heterocycles.